The second kappa shape index (κ2) is 8.06. The first-order valence-electron chi connectivity index (χ1n) is 8.21. The topological polar surface area (TPSA) is 88.2 Å². The number of rotatable bonds is 6. The number of ether oxygens (including phenoxy) is 1. The van der Waals surface area contributed by atoms with Gasteiger partial charge in [-0.05, 0) is 19.1 Å². The maximum absolute atomic E-state index is 12.1. The molecule has 26 heavy (non-hydrogen) atoms. The molecule has 1 aromatic carbocycles. The molecule has 8 heteroatoms. The molecule has 1 aromatic heterocycles. The van der Waals surface area contributed by atoms with E-state index in [0.717, 1.165) is 11.4 Å². The quantitative estimate of drug-likeness (QED) is 0.727. The van der Waals surface area contributed by atoms with Crippen LogP contribution in [0, 0.1) is 18.3 Å². The van der Waals surface area contributed by atoms with Crippen molar-refractivity contribution in [1.29, 1.82) is 5.26 Å². The molecule has 1 fully saturated rings. The van der Waals surface area contributed by atoms with Gasteiger partial charge in [0, 0.05) is 18.8 Å². The minimum atomic E-state index is -0.406. The Bertz CT molecular complexity index is 857. The summed E-state index contributed by atoms with van der Waals surface area (Å²) in [5.41, 5.74) is 2.33. The molecule has 1 amide bonds. The molecule has 134 valence electrons. The van der Waals surface area contributed by atoms with Crippen molar-refractivity contribution in [1.82, 2.24) is 14.7 Å². The van der Waals surface area contributed by atoms with Gasteiger partial charge in [-0.1, -0.05) is 30.0 Å². The Balaban J connectivity index is 1.68. The smallest absolute Gasteiger partial charge is 0.307 e. The van der Waals surface area contributed by atoms with E-state index in [1.54, 1.807) is 16.5 Å². The lowest BCUT2D eigenvalue weighted by molar-refractivity contribution is -0.145. The van der Waals surface area contributed by atoms with Gasteiger partial charge in [0.25, 0.3) is 5.24 Å². The van der Waals surface area contributed by atoms with Crippen molar-refractivity contribution in [3.05, 3.63) is 47.3 Å². The zero-order chi connectivity index (χ0) is 18.5. The lowest BCUT2D eigenvalue weighted by Gasteiger charge is -2.14. The number of nitriles is 1. The van der Waals surface area contributed by atoms with Crippen LogP contribution in [0.25, 0.3) is 5.69 Å². The normalized spacial score (nSPS) is 13.7. The van der Waals surface area contributed by atoms with E-state index >= 15 is 0 Å². The number of benzene rings is 1. The number of carbonyl (C=O) groups is 2. The van der Waals surface area contributed by atoms with Crippen LogP contribution in [-0.4, -0.2) is 44.7 Å². The van der Waals surface area contributed by atoms with Gasteiger partial charge in [0.2, 0.25) is 0 Å². The molecular formula is C18H18N4O3S. The average molecular weight is 370 g/mol. The highest BCUT2D eigenvalue weighted by atomic mass is 32.2. The predicted octanol–water partition coefficient (Wildman–Crippen LogP) is 2.65. The van der Waals surface area contributed by atoms with Crippen LogP contribution in [0.3, 0.4) is 0 Å². The van der Waals surface area contributed by atoms with Gasteiger partial charge in [0.05, 0.1) is 23.5 Å². The molecule has 1 aliphatic heterocycles. The third kappa shape index (κ3) is 3.89. The van der Waals surface area contributed by atoms with E-state index in [9.17, 15) is 14.9 Å². The summed E-state index contributed by atoms with van der Waals surface area (Å²) >= 11 is 1.26. The Labute approximate surface area is 155 Å². The van der Waals surface area contributed by atoms with E-state index < -0.39 is 5.97 Å². The molecule has 0 N–H and O–H groups in total. The standard InChI is InChI=1S/C18H18N4O3S/c1-13-15(11-19)16(22(20-13)14-5-3-2-4-6-14)12-25-17(23)7-8-21-9-10-26-18(21)24/h2-6H,7-10,12H2,1H3. The zero-order valence-electron chi connectivity index (χ0n) is 14.3. The summed E-state index contributed by atoms with van der Waals surface area (Å²) in [5, 5.41) is 13.8. The Morgan fingerprint density at radius 3 is 2.81 bits per heavy atom. The van der Waals surface area contributed by atoms with Crippen LogP contribution in [0.2, 0.25) is 0 Å². The molecule has 0 radical (unpaired) electrons. The number of carbonyl (C=O) groups excluding carboxylic acids is 2. The van der Waals surface area contributed by atoms with Gasteiger partial charge >= 0.3 is 5.97 Å². The second-order valence-corrected chi connectivity index (χ2v) is 6.82. The summed E-state index contributed by atoms with van der Waals surface area (Å²) < 4.78 is 6.97. The van der Waals surface area contributed by atoms with E-state index in [2.05, 4.69) is 11.2 Å². The summed E-state index contributed by atoms with van der Waals surface area (Å²) in [6.07, 6.45) is 0.132. The first-order valence-corrected chi connectivity index (χ1v) is 9.20. The molecule has 0 bridgehead atoms. The van der Waals surface area contributed by atoms with Gasteiger partial charge in [0.1, 0.15) is 18.2 Å². The van der Waals surface area contributed by atoms with E-state index in [1.807, 2.05) is 30.3 Å². The van der Waals surface area contributed by atoms with E-state index in [-0.39, 0.29) is 18.3 Å². The highest BCUT2D eigenvalue weighted by Crippen LogP contribution is 2.20. The number of nitrogens with zero attached hydrogens (tertiary/aromatic N) is 4. The van der Waals surface area contributed by atoms with Crippen molar-refractivity contribution >= 4 is 23.0 Å². The Morgan fingerprint density at radius 2 is 2.15 bits per heavy atom. The van der Waals surface area contributed by atoms with Crippen LogP contribution in [0.4, 0.5) is 4.79 Å². The predicted molar refractivity (Wildman–Crippen MR) is 96.9 cm³/mol. The number of para-hydroxylation sites is 1. The summed E-state index contributed by atoms with van der Waals surface area (Å²) in [6.45, 7) is 2.72. The van der Waals surface area contributed by atoms with Gasteiger partial charge in [-0.25, -0.2) is 4.68 Å². The molecular weight excluding hydrogens is 352 g/mol. The lowest BCUT2D eigenvalue weighted by atomic mass is 10.2. The molecule has 3 rings (SSSR count). The fourth-order valence-electron chi connectivity index (χ4n) is 2.71. The Hall–Kier alpha value is -2.79. The van der Waals surface area contributed by atoms with Crippen molar-refractivity contribution in [3.63, 3.8) is 0 Å². The minimum absolute atomic E-state index is 0.00217. The Morgan fingerprint density at radius 1 is 1.38 bits per heavy atom. The average Bonchev–Trinajstić information content (AvgIpc) is 3.21. The molecule has 0 atom stereocenters. The molecule has 2 heterocycles. The van der Waals surface area contributed by atoms with Crippen molar-refractivity contribution in [3.8, 4) is 11.8 Å². The fourth-order valence-corrected chi connectivity index (χ4v) is 3.56. The van der Waals surface area contributed by atoms with Gasteiger partial charge in [0.15, 0.2) is 0 Å². The molecule has 0 unspecified atom stereocenters. The third-order valence-corrected chi connectivity index (χ3v) is 4.96. The molecule has 0 aliphatic carbocycles. The van der Waals surface area contributed by atoms with Crippen LogP contribution >= 0.6 is 11.8 Å². The van der Waals surface area contributed by atoms with Crippen LogP contribution in [-0.2, 0) is 16.1 Å². The summed E-state index contributed by atoms with van der Waals surface area (Å²) in [7, 11) is 0. The molecule has 1 aliphatic rings. The van der Waals surface area contributed by atoms with Crippen LogP contribution in [0.15, 0.2) is 30.3 Å². The first kappa shape index (κ1) is 18.0. The largest absolute Gasteiger partial charge is 0.459 e. The van der Waals surface area contributed by atoms with Gasteiger partial charge in [-0.2, -0.15) is 10.4 Å². The molecule has 7 nitrogen and oxygen atoms in total. The Kier molecular flexibility index (Phi) is 5.58. The maximum Gasteiger partial charge on any atom is 0.307 e. The fraction of sp³-hybridized carbons (Fsp3) is 0.333. The molecule has 2 aromatic rings. The number of hydrogen-bond donors (Lipinski definition) is 0. The maximum atomic E-state index is 12.1. The number of aryl methyl sites for hydroxylation is 1. The van der Waals surface area contributed by atoms with Crippen molar-refractivity contribution < 1.29 is 14.3 Å². The van der Waals surface area contributed by atoms with Crippen molar-refractivity contribution in [2.45, 2.75) is 20.0 Å². The number of amides is 1. The number of aromatic nitrogens is 2. The number of thioether (sulfide) groups is 1. The summed E-state index contributed by atoms with van der Waals surface area (Å²) in [5.74, 6) is 0.353. The number of esters is 1. The minimum Gasteiger partial charge on any atom is -0.459 e. The molecule has 0 saturated carbocycles. The number of hydrogen-bond acceptors (Lipinski definition) is 6. The van der Waals surface area contributed by atoms with Crippen molar-refractivity contribution in [2.75, 3.05) is 18.8 Å². The highest BCUT2D eigenvalue weighted by molar-refractivity contribution is 8.13. The molecule has 0 spiro atoms. The highest BCUT2D eigenvalue weighted by Gasteiger charge is 2.22. The SMILES string of the molecule is Cc1nn(-c2ccccc2)c(COC(=O)CCN2CCSC2=O)c1C#N. The lowest BCUT2D eigenvalue weighted by Crippen LogP contribution is -2.26. The van der Waals surface area contributed by atoms with E-state index in [0.29, 0.717) is 30.0 Å². The van der Waals surface area contributed by atoms with E-state index in [4.69, 9.17) is 4.74 Å². The first-order chi connectivity index (χ1) is 12.6. The van der Waals surface area contributed by atoms with Crippen LogP contribution in [0.5, 0.6) is 0 Å². The summed E-state index contributed by atoms with van der Waals surface area (Å²) in [4.78, 5) is 25.2. The second-order valence-electron chi connectivity index (χ2n) is 5.78. The van der Waals surface area contributed by atoms with Crippen LogP contribution < -0.4 is 0 Å². The van der Waals surface area contributed by atoms with Crippen molar-refractivity contribution in [2.24, 2.45) is 0 Å². The zero-order valence-corrected chi connectivity index (χ0v) is 15.2. The van der Waals surface area contributed by atoms with Gasteiger partial charge in [-0.15, -0.1) is 0 Å². The molecule has 1 saturated heterocycles. The van der Waals surface area contributed by atoms with Gasteiger partial charge in [-0.3, -0.25) is 9.59 Å². The third-order valence-electron chi connectivity index (χ3n) is 4.07. The van der Waals surface area contributed by atoms with Gasteiger partial charge < -0.3 is 9.64 Å². The van der Waals surface area contributed by atoms with E-state index in [1.165, 1.54) is 11.8 Å². The van der Waals surface area contributed by atoms with Crippen LogP contribution in [0.1, 0.15) is 23.4 Å². The summed E-state index contributed by atoms with van der Waals surface area (Å²) in [6, 6.07) is 11.5. The monoisotopic (exact) mass is 370 g/mol.